The molecule has 0 aromatic heterocycles. The molecule has 0 saturated carbocycles. The Kier molecular flexibility index (Phi) is 5.55. The number of carbonyl (C=O) groups is 2. The quantitative estimate of drug-likeness (QED) is 0.835. The zero-order valence-corrected chi connectivity index (χ0v) is 13.3. The average Bonchev–Trinajstić information content (AvgIpc) is 2.91. The van der Waals surface area contributed by atoms with Crippen LogP contribution in [0.3, 0.4) is 0 Å². The van der Waals surface area contributed by atoms with Crippen LogP contribution in [0.5, 0.6) is 0 Å². The van der Waals surface area contributed by atoms with Gasteiger partial charge < -0.3 is 16.0 Å². The molecule has 5 heteroatoms. The van der Waals surface area contributed by atoms with E-state index in [0.29, 0.717) is 13.0 Å². The molecule has 3 N–H and O–H groups in total. The van der Waals surface area contributed by atoms with Crippen molar-refractivity contribution in [1.82, 2.24) is 10.2 Å². The minimum Gasteiger partial charge on any atom is -0.352 e. The van der Waals surface area contributed by atoms with Crippen LogP contribution in [-0.4, -0.2) is 35.8 Å². The highest BCUT2D eigenvalue weighted by Gasteiger charge is 2.26. The number of nitrogens with zero attached hydrogens (tertiary/aromatic N) is 1. The molecule has 1 aromatic carbocycles. The zero-order chi connectivity index (χ0) is 16.1. The molecule has 1 heterocycles. The lowest BCUT2D eigenvalue weighted by atomic mass is 9.94. The molecule has 5 nitrogen and oxygen atoms in total. The molecule has 22 heavy (non-hydrogen) atoms. The molecule has 0 spiro atoms. The summed E-state index contributed by atoms with van der Waals surface area (Å²) in [6, 6.07) is 9.22. The van der Waals surface area contributed by atoms with Gasteiger partial charge in [0, 0.05) is 31.6 Å². The monoisotopic (exact) mass is 303 g/mol. The highest BCUT2D eigenvalue weighted by Crippen LogP contribution is 2.19. The van der Waals surface area contributed by atoms with Gasteiger partial charge in [0.1, 0.15) is 0 Å². The third-order valence-corrected chi connectivity index (χ3v) is 4.19. The molecule has 2 rings (SSSR count). The number of benzene rings is 1. The number of rotatable bonds is 6. The topological polar surface area (TPSA) is 75.4 Å². The highest BCUT2D eigenvalue weighted by molar-refractivity contribution is 5.80. The summed E-state index contributed by atoms with van der Waals surface area (Å²) in [5.74, 6) is -0.218. The van der Waals surface area contributed by atoms with E-state index in [0.717, 1.165) is 18.5 Å². The van der Waals surface area contributed by atoms with Crippen LogP contribution < -0.4 is 11.1 Å². The van der Waals surface area contributed by atoms with Crippen molar-refractivity contribution in [2.24, 2.45) is 11.7 Å². The van der Waals surface area contributed by atoms with Gasteiger partial charge in [-0.2, -0.15) is 0 Å². The average molecular weight is 303 g/mol. The molecular weight excluding hydrogens is 278 g/mol. The number of amides is 2. The van der Waals surface area contributed by atoms with Crippen molar-refractivity contribution in [3.05, 3.63) is 35.9 Å². The molecular formula is C17H25N3O2. The Morgan fingerprint density at radius 1 is 1.32 bits per heavy atom. The van der Waals surface area contributed by atoms with Crippen molar-refractivity contribution in [2.45, 2.75) is 38.8 Å². The highest BCUT2D eigenvalue weighted by atomic mass is 16.2. The van der Waals surface area contributed by atoms with Crippen molar-refractivity contribution in [1.29, 1.82) is 0 Å². The van der Waals surface area contributed by atoms with Crippen molar-refractivity contribution in [2.75, 3.05) is 13.1 Å². The van der Waals surface area contributed by atoms with Crippen molar-refractivity contribution < 1.29 is 9.59 Å². The van der Waals surface area contributed by atoms with Gasteiger partial charge in [0.2, 0.25) is 11.8 Å². The first-order valence-electron chi connectivity index (χ1n) is 7.87. The summed E-state index contributed by atoms with van der Waals surface area (Å²) < 4.78 is 0. The summed E-state index contributed by atoms with van der Waals surface area (Å²) in [5, 5.41) is 2.96. The van der Waals surface area contributed by atoms with E-state index < -0.39 is 0 Å². The Labute approximate surface area is 131 Å². The maximum Gasteiger partial charge on any atom is 0.225 e. The molecule has 1 aromatic rings. The van der Waals surface area contributed by atoms with Crippen molar-refractivity contribution >= 4 is 11.8 Å². The molecule has 0 radical (unpaired) electrons. The van der Waals surface area contributed by atoms with Crippen LogP contribution in [0, 0.1) is 5.92 Å². The molecule has 0 aliphatic carbocycles. The first-order chi connectivity index (χ1) is 10.5. The molecule has 3 unspecified atom stereocenters. The van der Waals surface area contributed by atoms with Gasteiger partial charge in [0.05, 0.1) is 5.92 Å². The van der Waals surface area contributed by atoms with Gasteiger partial charge in [-0.25, -0.2) is 0 Å². The Hall–Kier alpha value is -1.88. The second kappa shape index (κ2) is 7.40. The molecule has 1 saturated heterocycles. The number of hydrogen-bond acceptors (Lipinski definition) is 3. The summed E-state index contributed by atoms with van der Waals surface area (Å²) in [5.41, 5.74) is 7.13. The lowest BCUT2D eigenvalue weighted by Crippen LogP contribution is -2.45. The van der Waals surface area contributed by atoms with Gasteiger partial charge in [-0.15, -0.1) is 0 Å². The fourth-order valence-corrected chi connectivity index (χ4v) is 2.77. The third kappa shape index (κ3) is 4.07. The lowest BCUT2D eigenvalue weighted by molar-refractivity contribution is -0.130. The van der Waals surface area contributed by atoms with Crippen LogP contribution in [0.1, 0.15) is 38.3 Å². The van der Waals surface area contributed by atoms with E-state index in [9.17, 15) is 9.59 Å². The standard InChI is InChI=1S/C17H25N3O2/c1-12(11-20-10-6-9-15(20)21)19-17(22)13(2)16(18)14-7-4-3-5-8-14/h3-5,7-8,12-13,16H,6,9-11,18H2,1-2H3,(H,19,22). The largest absolute Gasteiger partial charge is 0.352 e. The molecule has 1 aliphatic rings. The second-order valence-corrected chi connectivity index (χ2v) is 6.08. The minimum atomic E-state index is -0.332. The van der Waals surface area contributed by atoms with Crippen LogP contribution in [0.2, 0.25) is 0 Å². The van der Waals surface area contributed by atoms with E-state index in [-0.39, 0.29) is 29.8 Å². The first kappa shape index (κ1) is 16.5. The Morgan fingerprint density at radius 2 is 2.00 bits per heavy atom. The van der Waals surface area contributed by atoms with Crippen LogP contribution in [0.25, 0.3) is 0 Å². The van der Waals surface area contributed by atoms with Crippen LogP contribution in [0.15, 0.2) is 30.3 Å². The minimum absolute atomic E-state index is 0.0695. The van der Waals surface area contributed by atoms with Gasteiger partial charge in [-0.3, -0.25) is 9.59 Å². The van der Waals surface area contributed by atoms with Gasteiger partial charge in [0.25, 0.3) is 0 Å². The molecule has 1 fully saturated rings. The summed E-state index contributed by atoms with van der Waals surface area (Å²) in [7, 11) is 0. The number of likely N-dealkylation sites (tertiary alicyclic amines) is 1. The summed E-state index contributed by atoms with van der Waals surface area (Å²) in [6.45, 7) is 5.11. The molecule has 120 valence electrons. The number of nitrogens with one attached hydrogen (secondary N) is 1. The normalized spacial score (nSPS) is 18.9. The van der Waals surface area contributed by atoms with Gasteiger partial charge in [-0.05, 0) is 18.9 Å². The van der Waals surface area contributed by atoms with Crippen LogP contribution >= 0.6 is 0 Å². The first-order valence-corrected chi connectivity index (χ1v) is 7.87. The summed E-state index contributed by atoms with van der Waals surface area (Å²) in [4.78, 5) is 25.8. The van der Waals surface area contributed by atoms with Crippen molar-refractivity contribution in [3.8, 4) is 0 Å². The van der Waals surface area contributed by atoms with E-state index in [1.807, 2.05) is 49.1 Å². The van der Waals surface area contributed by atoms with E-state index in [1.54, 1.807) is 0 Å². The van der Waals surface area contributed by atoms with Crippen LogP contribution in [-0.2, 0) is 9.59 Å². The molecule has 1 aliphatic heterocycles. The number of hydrogen-bond donors (Lipinski definition) is 2. The Bertz CT molecular complexity index is 518. The Balaban J connectivity index is 1.86. The zero-order valence-electron chi connectivity index (χ0n) is 13.3. The molecule has 0 bridgehead atoms. The van der Waals surface area contributed by atoms with E-state index >= 15 is 0 Å². The molecule has 3 atom stereocenters. The van der Waals surface area contributed by atoms with Crippen LogP contribution in [0.4, 0.5) is 0 Å². The van der Waals surface area contributed by atoms with Crippen molar-refractivity contribution in [3.63, 3.8) is 0 Å². The third-order valence-electron chi connectivity index (χ3n) is 4.19. The lowest BCUT2D eigenvalue weighted by Gasteiger charge is -2.25. The smallest absolute Gasteiger partial charge is 0.225 e. The second-order valence-electron chi connectivity index (χ2n) is 6.08. The van der Waals surface area contributed by atoms with Gasteiger partial charge in [0.15, 0.2) is 0 Å². The van der Waals surface area contributed by atoms with E-state index in [4.69, 9.17) is 5.73 Å². The van der Waals surface area contributed by atoms with Gasteiger partial charge in [-0.1, -0.05) is 37.3 Å². The summed E-state index contributed by atoms with van der Waals surface area (Å²) >= 11 is 0. The van der Waals surface area contributed by atoms with E-state index in [2.05, 4.69) is 5.32 Å². The predicted octanol–water partition coefficient (Wildman–Crippen LogP) is 1.45. The predicted molar refractivity (Wildman–Crippen MR) is 86.0 cm³/mol. The SMILES string of the molecule is CC(CN1CCCC1=O)NC(=O)C(C)C(N)c1ccccc1. The van der Waals surface area contributed by atoms with Gasteiger partial charge >= 0.3 is 0 Å². The maximum absolute atomic E-state index is 12.3. The Morgan fingerprint density at radius 3 is 2.59 bits per heavy atom. The fourth-order valence-electron chi connectivity index (χ4n) is 2.77. The van der Waals surface area contributed by atoms with E-state index in [1.165, 1.54) is 0 Å². The molecule has 2 amide bonds. The number of nitrogens with two attached hydrogens (primary N) is 1. The fraction of sp³-hybridized carbons (Fsp3) is 0.529. The maximum atomic E-state index is 12.3. The summed E-state index contributed by atoms with van der Waals surface area (Å²) in [6.07, 6.45) is 1.53. The number of carbonyl (C=O) groups excluding carboxylic acids is 2.